The summed E-state index contributed by atoms with van der Waals surface area (Å²) in [5, 5.41) is 11.5. The molecule has 2 heterocycles. The number of hydrogen-bond donors (Lipinski definition) is 1. The average Bonchev–Trinajstić information content (AvgIpc) is 3.19. The topological polar surface area (TPSA) is 72.7 Å². The van der Waals surface area contributed by atoms with E-state index in [1.165, 1.54) is 11.3 Å². The van der Waals surface area contributed by atoms with Crippen molar-refractivity contribution in [3.63, 3.8) is 0 Å². The first kappa shape index (κ1) is 16.9. The summed E-state index contributed by atoms with van der Waals surface area (Å²) >= 11 is 4.89. The largest absolute Gasteiger partial charge is 0.300 e. The van der Waals surface area contributed by atoms with Crippen LogP contribution in [0.25, 0.3) is 22.3 Å². The van der Waals surface area contributed by atoms with Crippen molar-refractivity contribution in [3.05, 3.63) is 57.9 Å². The van der Waals surface area contributed by atoms with Crippen molar-refractivity contribution in [2.75, 3.05) is 5.32 Å². The highest BCUT2D eigenvalue weighted by Gasteiger charge is 2.14. The van der Waals surface area contributed by atoms with Gasteiger partial charge in [0.2, 0.25) is 5.91 Å². The van der Waals surface area contributed by atoms with Crippen LogP contribution in [0.3, 0.4) is 0 Å². The molecule has 0 aliphatic heterocycles. The molecule has 0 fully saturated rings. The van der Waals surface area contributed by atoms with Gasteiger partial charge in [0.05, 0.1) is 11.2 Å². The smallest absolute Gasteiger partial charge is 0.247 e. The van der Waals surface area contributed by atoms with E-state index in [4.69, 9.17) is 0 Å². The minimum Gasteiger partial charge on any atom is -0.300 e. The van der Waals surface area contributed by atoms with Gasteiger partial charge in [0, 0.05) is 14.9 Å². The molecule has 0 saturated heterocycles. The Labute approximate surface area is 162 Å². The number of aromatic nitrogens is 4. The average molecular weight is 428 g/mol. The van der Waals surface area contributed by atoms with E-state index < -0.39 is 0 Å². The molecule has 0 aliphatic rings. The molecule has 1 amide bonds. The van der Waals surface area contributed by atoms with Crippen LogP contribution in [0.4, 0.5) is 5.13 Å². The van der Waals surface area contributed by atoms with E-state index in [-0.39, 0.29) is 12.5 Å². The molecule has 4 aromatic rings. The maximum atomic E-state index is 12.4. The third kappa shape index (κ3) is 3.38. The number of anilines is 1. The number of benzene rings is 2. The number of carbonyl (C=O) groups excluding carboxylic acids is 1. The van der Waals surface area contributed by atoms with Gasteiger partial charge in [-0.1, -0.05) is 45.4 Å². The van der Waals surface area contributed by atoms with E-state index >= 15 is 0 Å². The number of carbonyl (C=O) groups is 1. The normalized spacial score (nSPS) is 11.0. The molecule has 6 nitrogen and oxygen atoms in total. The first-order valence-electron chi connectivity index (χ1n) is 7.91. The van der Waals surface area contributed by atoms with Crippen molar-refractivity contribution in [1.29, 1.82) is 0 Å². The van der Waals surface area contributed by atoms with E-state index in [0.717, 1.165) is 31.6 Å². The summed E-state index contributed by atoms with van der Waals surface area (Å²) in [6.45, 7) is 2.09. The summed E-state index contributed by atoms with van der Waals surface area (Å²) < 4.78 is 2.60. The van der Waals surface area contributed by atoms with Gasteiger partial charge < -0.3 is 5.32 Å². The highest BCUT2D eigenvalue weighted by Crippen LogP contribution is 2.31. The van der Waals surface area contributed by atoms with Crippen LogP contribution in [0.2, 0.25) is 0 Å². The molecular weight excluding hydrogens is 414 g/mol. The third-order valence-electron chi connectivity index (χ3n) is 3.87. The number of fused-ring (bicyclic) bond motifs is 1. The predicted octanol–water partition coefficient (Wildman–Crippen LogP) is 4.26. The fraction of sp³-hybridized carbons (Fsp3) is 0.111. The van der Waals surface area contributed by atoms with Gasteiger partial charge in [-0.05, 0) is 31.2 Å². The summed E-state index contributed by atoms with van der Waals surface area (Å²) in [6.07, 6.45) is 0. The fourth-order valence-corrected chi connectivity index (χ4v) is 3.77. The Morgan fingerprint density at radius 1 is 1.19 bits per heavy atom. The molecule has 130 valence electrons. The molecule has 0 spiro atoms. The lowest BCUT2D eigenvalue weighted by atomic mass is 10.1. The van der Waals surface area contributed by atoms with Crippen molar-refractivity contribution in [2.24, 2.45) is 0 Å². The van der Waals surface area contributed by atoms with Gasteiger partial charge in [-0.25, -0.2) is 9.67 Å². The van der Waals surface area contributed by atoms with Crippen LogP contribution in [0.1, 0.15) is 4.88 Å². The molecule has 0 aliphatic carbocycles. The quantitative estimate of drug-likeness (QED) is 0.527. The fourth-order valence-electron chi connectivity index (χ4n) is 2.65. The minimum atomic E-state index is -0.184. The SMILES string of the molecule is Cc1sc(NC(=O)Cn2nnc3ccccc32)nc1-c1ccc(Br)cc1. The summed E-state index contributed by atoms with van der Waals surface area (Å²) in [4.78, 5) is 18.0. The molecule has 2 aromatic heterocycles. The van der Waals surface area contributed by atoms with Crippen molar-refractivity contribution in [1.82, 2.24) is 20.0 Å². The number of nitrogens with one attached hydrogen (secondary N) is 1. The molecule has 2 aromatic carbocycles. The molecule has 1 N–H and O–H groups in total. The summed E-state index contributed by atoms with van der Waals surface area (Å²) in [7, 11) is 0. The van der Waals surface area contributed by atoms with Gasteiger partial charge in [-0.15, -0.1) is 16.4 Å². The number of thiazole rings is 1. The monoisotopic (exact) mass is 427 g/mol. The van der Waals surface area contributed by atoms with Gasteiger partial charge in [0.1, 0.15) is 12.1 Å². The summed E-state index contributed by atoms with van der Waals surface area (Å²) in [5.41, 5.74) is 3.49. The number of rotatable bonds is 4. The zero-order chi connectivity index (χ0) is 18.1. The maximum Gasteiger partial charge on any atom is 0.247 e. The first-order valence-corrected chi connectivity index (χ1v) is 9.52. The van der Waals surface area contributed by atoms with Gasteiger partial charge in [0.15, 0.2) is 5.13 Å². The van der Waals surface area contributed by atoms with Crippen LogP contribution in [0.5, 0.6) is 0 Å². The molecule has 0 atom stereocenters. The van der Waals surface area contributed by atoms with Gasteiger partial charge in [-0.3, -0.25) is 4.79 Å². The lowest BCUT2D eigenvalue weighted by molar-refractivity contribution is -0.116. The molecule has 26 heavy (non-hydrogen) atoms. The van der Waals surface area contributed by atoms with Crippen molar-refractivity contribution in [2.45, 2.75) is 13.5 Å². The summed E-state index contributed by atoms with van der Waals surface area (Å²) in [6, 6.07) is 15.5. The Balaban J connectivity index is 1.51. The number of para-hydroxylation sites is 1. The van der Waals surface area contributed by atoms with Crippen LogP contribution in [0.15, 0.2) is 53.0 Å². The van der Waals surface area contributed by atoms with Crippen LogP contribution in [-0.2, 0) is 11.3 Å². The molecule has 0 unspecified atom stereocenters. The Morgan fingerprint density at radius 2 is 1.96 bits per heavy atom. The van der Waals surface area contributed by atoms with Gasteiger partial charge in [-0.2, -0.15) is 0 Å². The second-order valence-electron chi connectivity index (χ2n) is 5.71. The number of amides is 1. The van der Waals surface area contributed by atoms with Crippen LogP contribution < -0.4 is 5.32 Å². The number of hydrogen-bond acceptors (Lipinski definition) is 5. The molecule has 0 saturated carbocycles. The highest BCUT2D eigenvalue weighted by atomic mass is 79.9. The molecule has 4 rings (SSSR count). The van der Waals surface area contributed by atoms with Crippen molar-refractivity contribution < 1.29 is 4.79 Å². The van der Waals surface area contributed by atoms with E-state index in [1.807, 2.05) is 55.5 Å². The molecule has 0 bridgehead atoms. The number of aryl methyl sites for hydroxylation is 1. The molecular formula is C18H14BrN5OS. The van der Waals surface area contributed by atoms with E-state index in [0.29, 0.717) is 5.13 Å². The maximum absolute atomic E-state index is 12.4. The Morgan fingerprint density at radius 3 is 2.77 bits per heavy atom. The Hall–Kier alpha value is -2.58. The minimum absolute atomic E-state index is 0.0900. The second kappa shape index (κ2) is 6.97. The lowest BCUT2D eigenvalue weighted by Gasteiger charge is -2.02. The van der Waals surface area contributed by atoms with Crippen LogP contribution >= 0.6 is 27.3 Å². The van der Waals surface area contributed by atoms with Crippen molar-refractivity contribution in [3.8, 4) is 11.3 Å². The summed E-state index contributed by atoms with van der Waals surface area (Å²) in [5.74, 6) is -0.184. The van der Waals surface area contributed by atoms with Gasteiger partial charge >= 0.3 is 0 Å². The second-order valence-corrected chi connectivity index (χ2v) is 7.83. The number of nitrogens with zero attached hydrogens (tertiary/aromatic N) is 4. The van der Waals surface area contributed by atoms with Crippen LogP contribution in [0, 0.1) is 6.92 Å². The zero-order valence-electron chi connectivity index (χ0n) is 13.8. The lowest BCUT2D eigenvalue weighted by Crippen LogP contribution is -2.19. The Kier molecular flexibility index (Phi) is 4.52. The number of halogens is 1. The molecule has 0 radical (unpaired) electrons. The predicted molar refractivity (Wildman–Crippen MR) is 106 cm³/mol. The van der Waals surface area contributed by atoms with E-state index in [2.05, 4.69) is 36.5 Å². The van der Waals surface area contributed by atoms with Crippen molar-refractivity contribution >= 4 is 49.3 Å². The highest BCUT2D eigenvalue weighted by molar-refractivity contribution is 9.10. The Bertz CT molecular complexity index is 1090. The van der Waals surface area contributed by atoms with E-state index in [1.54, 1.807) is 4.68 Å². The van der Waals surface area contributed by atoms with Gasteiger partial charge in [0.25, 0.3) is 0 Å². The third-order valence-corrected chi connectivity index (χ3v) is 5.29. The van der Waals surface area contributed by atoms with E-state index in [9.17, 15) is 4.79 Å². The first-order chi connectivity index (χ1) is 12.6. The standard InChI is InChI=1S/C18H14BrN5OS/c1-11-17(12-6-8-13(19)9-7-12)21-18(26-11)20-16(25)10-24-15-5-3-2-4-14(15)22-23-24/h2-9H,10H2,1H3,(H,20,21,25). The zero-order valence-corrected chi connectivity index (χ0v) is 16.2. The molecule has 8 heteroatoms. The van der Waals surface area contributed by atoms with Crippen LogP contribution in [-0.4, -0.2) is 25.9 Å².